The molecule has 2 aliphatic heterocycles. The molecule has 0 aromatic heterocycles. The summed E-state index contributed by atoms with van der Waals surface area (Å²) < 4.78 is 5.26. The van der Waals surface area contributed by atoms with Crippen molar-refractivity contribution in [2.75, 3.05) is 7.11 Å². The highest BCUT2D eigenvalue weighted by Crippen LogP contribution is 2.49. The van der Waals surface area contributed by atoms with Crippen LogP contribution in [0.15, 0.2) is 60.7 Å². The number of carbonyl (C=O) groups is 1. The number of fused-ring (bicyclic) bond motifs is 1. The number of ether oxygens (including phenoxy) is 1. The number of hydrazine groups is 1. The third-order valence-corrected chi connectivity index (χ3v) is 7.19. The molecule has 2 saturated heterocycles. The summed E-state index contributed by atoms with van der Waals surface area (Å²) in [6, 6.07) is 16.8. The van der Waals surface area contributed by atoms with Crippen molar-refractivity contribution in [2.24, 2.45) is 5.92 Å². The van der Waals surface area contributed by atoms with Crippen LogP contribution in [-0.4, -0.2) is 34.2 Å². The fourth-order valence-electron chi connectivity index (χ4n) is 5.11. The number of phenolic OH excluding ortho intramolecular Hbond substituents is 2. The molecule has 8 heteroatoms. The lowest BCUT2D eigenvalue weighted by Gasteiger charge is -2.31. The lowest BCUT2D eigenvalue weighted by molar-refractivity contribution is -0.131. The van der Waals surface area contributed by atoms with E-state index in [0.29, 0.717) is 17.1 Å². The van der Waals surface area contributed by atoms with Gasteiger partial charge in [0.05, 0.1) is 19.2 Å². The SMILES string of the molecule is COc1ccc(CN2C(=O)C3NNC(c4cc(Cl)c(C)cc4O)C3C2c2cccc(O)c2)cc1. The van der Waals surface area contributed by atoms with Gasteiger partial charge in [-0.3, -0.25) is 4.79 Å². The lowest BCUT2D eigenvalue weighted by atomic mass is 9.83. The second-order valence-corrected chi connectivity index (χ2v) is 9.24. The Labute approximate surface area is 202 Å². The second-order valence-electron chi connectivity index (χ2n) is 8.84. The molecule has 2 fully saturated rings. The zero-order chi connectivity index (χ0) is 24.0. The van der Waals surface area contributed by atoms with E-state index < -0.39 is 6.04 Å². The van der Waals surface area contributed by atoms with Crippen LogP contribution in [0.1, 0.15) is 34.3 Å². The van der Waals surface area contributed by atoms with Gasteiger partial charge in [0.2, 0.25) is 5.91 Å². The highest BCUT2D eigenvalue weighted by molar-refractivity contribution is 6.31. The summed E-state index contributed by atoms with van der Waals surface area (Å²) in [5.41, 5.74) is 9.55. The zero-order valence-corrected chi connectivity index (χ0v) is 19.6. The molecule has 3 aromatic rings. The maximum absolute atomic E-state index is 13.6. The van der Waals surface area contributed by atoms with E-state index in [1.807, 2.05) is 42.2 Å². The third-order valence-electron chi connectivity index (χ3n) is 6.78. The van der Waals surface area contributed by atoms with Crippen molar-refractivity contribution in [2.45, 2.75) is 31.6 Å². The molecule has 0 aliphatic carbocycles. The molecule has 1 amide bonds. The molecule has 34 heavy (non-hydrogen) atoms. The van der Waals surface area contributed by atoms with Gasteiger partial charge in [-0.15, -0.1) is 0 Å². The maximum atomic E-state index is 13.6. The van der Waals surface area contributed by atoms with E-state index >= 15 is 0 Å². The van der Waals surface area contributed by atoms with Crippen LogP contribution in [-0.2, 0) is 11.3 Å². The lowest BCUT2D eigenvalue weighted by Crippen LogP contribution is -2.41. The summed E-state index contributed by atoms with van der Waals surface area (Å²) >= 11 is 6.39. The number of halogens is 1. The highest BCUT2D eigenvalue weighted by Gasteiger charge is 2.55. The van der Waals surface area contributed by atoms with Gasteiger partial charge in [-0.2, -0.15) is 0 Å². The highest BCUT2D eigenvalue weighted by atomic mass is 35.5. The van der Waals surface area contributed by atoms with Crippen LogP contribution in [0.4, 0.5) is 0 Å². The fourth-order valence-corrected chi connectivity index (χ4v) is 5.28. The minimum Gasteiger partial charge on any atom is -0.508 e. The smallest absolute Gasteiger partial charge is 0.242 e. The minimum atomic E-state index is -0.505. The zero-order valence-electron chi connectivity index (χ0n) is 18.8. The number of methoxy groups -OCH3 is 1. The summed E-state index contributed by atoms with van der Waals surface area (Å²) in [6.45, 7) is 2.23. The number of phenols is 2. The molecule has 0 bridgehead atoms. The second kappa shape index (κ2) is 8.83. The third kappa shape index (κ3) is 3.86. The Bertz CT molecular complexity index is 1230. The molecule has 4 N–H and O–H groups in total. The van der Waals surface area contributed by atoms with Gasteiger partial charge in [0, 0.05) is 23.0 Å². The average Bonchev–Trinajstić information content (AvgIpc) is 3.36. The molecule has 2 heterocycles. The van der Waals surface area contributed by atoms with Gasteiger partial charge in [0.25, 0.3) is 0 Å². The number of likely N-dealkylation sites (tertiary alicyclic amines) is 1. The number of nitrogens with zero attached hydrogens (tertiary/aromatic N) is 1. The molecule has 0 spiro atoms. The Balaban J connectivity index is 1.57. The van der Waals surface area contributed by atoms with Crippen molar-refractivity contribution in [1.82, 2.24) is 15.8 Å². The van der Waals surface area contributed by atoms with Crippen molar-refractivity contribution in [1.29, 1.82) is 0 Å². The van der Waals surface area contributed by atoms with E-state index in [2.05, 4.69) is 10.9 Å². The van der Waals surface area contributed by atoms with Gasteiger partial charge in [-0.25, -0.2) is 10.9 Å². The molecule has 7 nitrogen and oxygen atoms in total. The van der Waals surface area contributed by atoms with Crippen LogP contribution in [0.2, 0.25) is 5.02 Å². The standard InChI is InChI=1S/C26H26ClN3O4/c1-14-10-21(32)19(12-20(14)27)23-22-24(29-28-23)26(33)30(13-15-6-8-18(34-2)9-7-15)25(22)16-4-3-5-17(31)11-16/h3-12,22-25,28-29,31-32H,13H2,1-2H3. The molecular formula is C26H26ClN3O4. The van der Waals surface area contributed by atoms with E-state index in [1.54, 1.807) is 37.4 Å². The van der Waals surface area contributed by atoms with E-state index in [4.69, 9.17) is 16.3 Å². The molecular weight excluding hydrogens is 454 g/mol. The summed E-state index contributed by atoms with van der Waals surface area (Å²) in [7, 11) is 1.61. The Hall–Kier alpha value is -3.26. The summed E-state index contributed by atoms with van der Waals surface area (Å²) in [5, 5.41) is 21.5. The topological polar surface area (TPSA) is 94.1 Å². The predicted molar refractivity (Wildman–Crippen MR) is 129 cm³/mol. The molecule has 0 saturated carbocycles. The minimum absolute atomic E-state index is 0.0538. The number of hydrogen-bond donors (Lipinski definition) is 4. The van der Waals surface area contributed by atoms with Crippen molar-refractivity contribution in [3.8, 4) is 17.2 Å². The van der Waals surface area contributed by atoms with Crippen LogP contribution in [0, 0.1) is 12.8 Å². The van der Waals surface area contributed by atoms with Crippen LogP contribution >= 0.6 is 11.6 Å². The van der Waals surface area contributed by atoms with Crippen LogP contribution in [0.3, 0.4) is 0 Å². The molecule has 176 valence electrons. The van der Waals surface area contributed by atoms with Gasteiger partial charge >= 0.3 is 0 Å². The number of benzene rings is 3. The number of aromatic hydroxyl groups is 2. The van der Waals surface area contributed by atoms with E-state index in [9.17, 15) is 15.0 Å². The van der Waals surface area contributed by atoms with E-state index in [1.165, 1.54) is 0 Å². The van der Waals surface area contributed by atoms with Crippen molar-refractivity contribution in [3.05, 3.63) is 87.9 Å². The number of carbonyl (C=O) groups excluding carboxylic acids is 1. The van der Waals surface area contributed by atoms with Crippen LogP contribution in [0.25, 0.3) is 0 Å². The first-order valence-electron chi connectivity index (χ1n) is 11.1. The largest absolute Gasteiger partial charge is 0.508 e. The molecule has 5 rings (SSSR count). The first-order chi connectivity index (χ1) is 16.4. The normalized spacial score (nSPS) is 23.9. The predicted octanol–water partition coefficient (Wildman–Crippen LogP) is 3.99. The molecule has 4 atom stereocenters. The Kier molecular flexibility index (Phi) is 5.85. The molecule has 4 unspecified atom stereocenters. The Morgan fingerprint density at radius 3 is 2.47 bits per heavy atom. The molecule has 2 aliphatic rings. The van der Waals surface area contributed by atoms with Gasteiger partial charge in [0.15, 0.2) is 0 Å². The Morgan fingerprint density at radius 2 is 1.76 bits per heavy atom. The quantitative estimate of drug-likeness (QED) is 0.442. The number of rotatable bonds is 5. The molecule has 3 aromatic carbocycles. The fraction of sp³-hybridized carbons (Fsp3) is 0.269. The number of amides is 1. The van der Waals surface area contributed by atoms with Crippen molar-refractivity contribution in [3.63, 3.8) is 0 Å². The first kappa shape index (κ1) is 22.5. The first-order valence-corrected chi connectivity index (χ1v) is 11.5. The number of hydrogen-bond acceptors (Lipinski definition) is 6. The summed E-state index contributed by atoms with van der Waals surface area (Å²) in [6.07, 6.45) is 0. The average molecular weight is 480 g/mol. The van der Waals surface area contributed by atoms with Crippen molar-refractivity contribution >= 4 is 17.5 Å². The van der Waals surface area contributed by atoms with Crippen LogP contribution < -0.4 is 15.6 Å². The van der Waals surface area contributed by atoms with Gasteiger partial charge in [0.1, 0.15) is 23.3 Å². The maximum Gasteiger partial charge on any atom is 0.242 e. The van der Waals surface area contributed by atoms with E-state index in [0.717, 1.165) is 22.4 Å². The summed E-state index contributed by atoms with van der Waals surface area (Å²) in [5.74, 6) is 0.696. The van der Waals surface area contributed by atoms with Gasteiger partial charge in [-0.1, -0.05) is 35.9 Å². The summed E-state index contributed by atoms with van der Waals surface area (Å²) in [4.78, 5) is 15.4. The Morgan fingerprint density at radius 1 is 1.03 bits per heavy atom. The van der Waals surface area contributed by atoms with E-state index in [-0.39, 0.29) is 35.4 Å². The van der Waals surface area contributed by atoms with Crippen molar-refractivity contribution < 1.29 is 19.7 Å². The van der Waals surface area contributed by atoms with Crippen LogP contribution in [0.5, 0.6) is 17.2 Å². The van der Waals surface area contributed by atoms with Gasteiger partial charge < -0.3 is 19.8 Å². The number of aryl methyl sites for hydroxylation is 1. The molecule has 0 radical (unpaired) electrons. The monoisotopic (exact) mass is 479 g/mol. The van der Waals surface area contributed by atoms with Gasteiger partial charge in [-0.05, 0) is 60.0 Å². The number of nitrogens with one attached hydrogen (secondary N) is 2.